The maximum Gasteiger partial charge on any atom is 0.330 e. The number of esters is 1. The number of hydrogen-bond donors (Lipinski definition) is 0. The van der Waals surface area contributed by atoms with E-state index in [4.69, 9.17) is 28.4 Å². The third kappa shape index (κ3) is 10.9. The van der Waals surface area contributed by atoms with Gasteiger partial charge >= 0.3 is 5.97 Å². The second-order valence-electron chi connectivity index (χ2n) is 11.6. The summed E-state index contributed by atoms with van der Waals surface area (Å²) in [6.45, 7) is 2.11. The molecule has 4 aromatic carbocycles. The molecule has 7 nitrogen and oxygen atoms in total. The summed E-state index contributed by atoms with van der Waals surface area (Å²) in [5, 5.41) is 0. The van der Waals surface area contributed by atoms with Crippen LogP contribution in [0.1, 0.15) is 29.2 Å². The second kappa shape index (κ2) is 18.5. The van der Waals surface area contributed by atoms with Crippen LogP contribution in [0.2, 0.25) is 0 Å². The van der Waals surface area contributed by atoms with Gasteiger partial charge in [0, 0.05) is 6.08 Å². The summed E-state index contributed by atoms with van der Waals surface area (Å²) in [5.74, 6) is -4.56. The molecule has 9 heteroatoms. The van der Waals surface area contributed by atoms with Crippen LogP contribution in [-0.4, -0.2) is 55.6 Å². The quantitative estimate of drug-likeness (QED) is 0.0851. The molecule has 1 heterocycles. The monoisotopic (exact) mass is 672 g/mol. The third-order valence-corrected chi connectivity index (χ3v) is 7.99. The first-order valence-corrected chi connectivity index (χ1v) is 16.4. The van der Waals surface area contributed by atoms with Gasteiger partial charge in [-0.2, -0.15) is 8.78 Å². The fraction of sp³-hybridized carbons (Fsp3) is 0.325. The van der Waals surface area contributed by atoms with Gasteiger partial charge in [-0.15, -0.1) is 0 Å². The summed E-state index contributed by atoms with van der Waals surface area (Å²) < 4.78 is 69.2. The lowest BCUT2D eigenvalue weighted by Crippen LogP contribution is -2.65. The number of ether oxygens (including phenoxy) is 6. The van der Waals surface area contributed by atoms with Gasteiger partial charge in [-0.3, -0.25) is 0 Å². The van der Waals surface area contributed by atoms with Gasteiger partial charge < -0.3 is 28.4 Å². The molecule has 1 fully saturated rings. The Morgan fingerprint density at radius 3 is 1.55 bits per heavy atom. The van der Waals surface area contributed by atoms with Crippen LogP contribution in [0.3, 0.4) is 0 Å². The fourth-order valence-corrected chi connectivity index (χ4v) is 5.56. The van der Waals surface area contributed by atoms with Gasteiger partial charge in [-0.05, 0) is 35.3 Å². The van der Waals surface area contributed by atoms with Crippen LogP contribution in [0.15, 0.2) is 133 Å². The standard InChI is InChI=1S/C40H42F2O7/c1-2-45-35(43)23-24-40(41,42)39-38(48-28-33-21-13-6-14-22-33)37(47-27-32-19-11-5-12-20-32)36(46-26-31-17-9-4-10-18-31)34(49-39)29-44-25-30-15-7-3-8-16-30/h3-24,34,36-39H,2,25-29H2,1H3/b24-23+/t34-,36+,37+,38+,39+/m1/s1. The molecule has 1 saturated heterocycles. The molecular weight excluding hydrogens is 630 g/mol. The summed E-state index contributed by atoms with van der Waals surface area (Å²) in [6, 6.07) is 37.8. The Hall–Kier alpha value is -4.25. The first-order valence-electron chi connectivity index (χ1n) is 16.4. The number of carbonyl (C=O) groups excluding carboxylic acids is 1. The van der Waals surface area contributed by atoms with Crippen molar-refractivity contribution in [2.75, 3.05) is 13.2 Å². The molecule has 4 aromatic rings. The van der Waals surface area contributed by atoms with Crippen molar-refractivity contribution >= 4 is 5.97 Å². The van der Waals surface area contributed by atoms with Crippen LogP contribution in [-0.2, 0) is 59.6 Å². The number of benzene rings is 4. The molecule has 49 heavy (non-hydrogen) atoms. The highest BCUT2D eigenvalue weighted by Gasteiger charge is 2.56. The minimum atomic E-state index is -3.68. The minimum absolute atomic E-state index is 0.00874. The zero-order valence-electron chi connectivity index (χ0n) is 27.4. The van der Waals surface area contributed by atoms with Crippen LogP contribution in [0.5, 0.6) is 0 Å². The smallest absolute Gasteiger partial charge is 0.330 e. The van der Waals surface area contributed by atoms with Crippen molar-refractivity contribution in [2.45, 2.75) is 69.8 Å². The van der Waals surface area contributed by atoms with E-state index in [1.165, 1.54) is 0 Å². The largest absolute Gasteiger partial charge is 0.463 e. The summed E-state index contributed by atoms with van der Waals surface area (Å²) in [6.07, 6.45) is -4.85. The molecule has 0 unspecified atom stereocenters. The van der Waals surface area contributed by atoms with Gasteiger partial charge in [-0.25, -0.2) is 4.79 Å². The topological polar surface area (TPSA) is 72.5 Å². The van der Waals surface area contributed by atoms with E-state index in [2.05, 4.69) is 0 Å². The second-order valence-corrected chi connectivity index (χ2v) is 11.6. The Labute approximate surface area is 286 Å². The van der Waals surface area contributed by atoms with Crippen molar-refractivity contribution in [2.24, 2.45) is 0 Å². The zero-order valence-corrected chi connectivity index (χ0v) is 27.4. The number of carbonyl (C=O) groups is 1. The predicted molar refractivity (Wildman–Crippen MR) is 181 cm³/mol. The lowest BCUT2D eigenvalue weighted by atomic mass is 9.90. The van der Waals surface area contributed by atoms with Crippen LogP contribution >= 0.6 is 0 Å². The van der Waals surface area contributed by atoms with Crippen LogP contribution in [0, 0.1) is 0 Å². The Morgan fingerprint density at radius 2 is 1.08 bits per heavy atom. The predicted octanol–water partition coefficient (Wildman–Crippen LogP) is 7.48. The van der Waals surface area contributed by atoms with Crippen LogP contribution in [0.4, 0.5) is 8.78 Å². The van der Waals surface area contributed by atoms with E-state index in [1.54, 1.807) is 6.92 Å². The summed E-state index contributed by atoms with van der Waals surface area (Å²) in [5.41, 5.74) is 3.43. The fourth-order valence-electron chi connectivity index (χ4n) is 5.56. The SMILES string of the molecule is CCOC(=O)/C=C/C(F)(F)[C@H]1O[C@H](COCc2ccccc2)[C@H](OCc2ccccc2)[C@H](OCc2ccccc2)[C@@H]1OCc1ccccc1. The van der Waals surface area contributed by atoms with E-state index in [9.17, 15) is 4.79 Å². The molecular formula is C40H42F2O7. The first-order chi connectivity index (χ1) is 23.9. The highest BCUT2D eigenvalue weighted by atomic mass is 19.3. The number of rotatable bonds is 17. The molecule has 1 aliphatic heterocycles. The summed E-state index contributed by atoms with van der Waals surface area (Å²) in [7, 11) is 0. The van der Waals surface area contributed by atoms with E-state index in [-0.39, 0.29) is 39.6 Å². The third-order valence-electron chi connectivity index (χ3n) is 7.99. The molecule has 258 valence electrons. The highest BCUT2D eigenvalue weighted by molar-refractivity contribution is 5.82. The maximum absolute atomic E-state index is 16.3. The molecule has 0 aromatic heterocycles. The van der Waals surface area contributed by atoms with E-state index in [0.717, 1.165) is 28.3 Å². The summed E-state index contributed by atoms with van der Waals surface area (Å²) in [4.78, 5) is 12.1. The van der Waals surface area contributed by atoms with Crippen molar-refractivity contribution in [3.05, 3.63) is 156 Å². The van der Waals surface area contributed by atoms with Crippen molar-refractivity contribution in [3.8, 4) is 0 Å². The van der Waals surface area contributed by atoms with E-state index in [0.29, 0.717) is 6.08 Å². The summed E-state index contributed by atoms with van der Waals surface area (Å²) >= 11 is 0. The Balaban J connectivity index is 1.50. The minimum Gasteiger partial charge on any atom is -0.463 e. The van der Waals surface area contributed by atoms with Crippen molar-refractivity contribution in [1.29, 1.82) is 0 Å². The van der Waals surface area contributed by atoms with Gasteiger partial charge in [0.1, 0.15) is 24.4 Å². The van der Waals surface area contributed by atoms with Crippen LogP contribution < -0.4 is 0 Å². The highest BCUT2D eigenvalue weighted by Crippen LogP contribution is 2.38. The maximum atomic E-state index is 16.3. The van der Waals surface area contributed by atoms with Gasteiger partial charge in [0.15, 0.2) is 6.10 Å². The van der Waals surface area contributed by atoms with Crippen LogP contribution in [0.25, 0.3) is 0 Å². The molecule has 0 amide bonds. The lowest BCUT2D eigenvalue weighted by Gasteiger charge is -2.47. The molecule has 0 saturated carbocycles. The van der Waals surface area contributed by atoms with Gasteiger partial charge in [0.05, 0.1) is 39.6 Å². The van der Waals surface area contributed by atoms with E-state index in [1.807, 2.05) is 121 Å². The average molecular weight is 673 g/mol. The van der Waals surface area contributed by atoms with Crippen molar-refractivity contribution < 1.29 is 42.0 Å². The molecule has 0 spiro atoms. The number of alkyl halides is 2. The van der Waals surface area contributed by atoms with Gasteiger partial charge in [0.25, 0.3) is 5.92 Å². The number of halogens is 2. The normalized spacial score (nSPS) is 21.1. The molecule has 1 aliphatic rings. The van der Waals surface area contributed by atoms with Gasteiger partial charge in [-0.1, -0.05) is 121 Å². The Bertz CT molecular complexity index is 1560. The Kier molecular flexibility index (Phi) is 13.6. The molecule has 0 N–H and O–H groups in total. The van der Waals surface area contributed by atoms with Crippen molar-refractivity contribution in [3.63, 3.8) is 0 Å². The number of hydrogen-bond acceptors (Lipinski definition) is 7. The van der Waals surface area contributed by atoms with E-state index < -0.39 is 42.4 Å². The molecule has 0 aliphatic carbocycles. The Morgan fingerprint density at radius 1 is 0.653 bits per heavy atom. The molecule has 5 rings (SSSR count). The molecule has 0 bridgehead atoms. The average Bonchev–Trinajstić information content (AvgIpc) is 3.13. The molecule has 0 radical (unpaired) electrons. The van der Waals surface area contributed by atoms with E-state index >= 15 is 8.78 Å². The lowest BCUT2D eigenvalue weighted by molar-refractivity contribution is -0.302. The zero-order chi connectivity index (χ0) is 34.3. The molecule has 5 atom stereocenters. The first kappa shape index (κ1) is 36.0. The van der Waals surface area contributed by atoms with Gasteiger partial charge in [0.2, 0.25) is 0 Å². The van der Waals surface area contributed by atoms with Crippen molar-refractivity contribution in [1.82, 2.24) is 0 Å².